The van der Waals surface area contributed by atoms with E-state index in [4.69, 9.17) is 0 Å². The molecule has 2 unspecified atom stereocenters. The third-order valence-electron chi connectivity index (χ3n) is 4.05. The van der Waals surface area contributed by atoms with Crippen LogP contribution in [0.1, 0.15) is 38.5 Å². The maximum absolute atomic E-state index is 10.5. The van der Waals surface area contributed by atoms with Crippen LogP contribution in [0.25, 0.3) is 0 Å². The zero-order valence-electron chi connectivity index (χ0n) is 8.83. The van der Waals surface area contributed by atoms with E-state index in [0.717, 1.165) is 6.42 Å². The van der Waals surface area contributed by atoms with Gasteiger partial charge in [0.1, 0.15) is 0 Å². The molecule has 1 saturated carbocycles. The van der Waals surface area contributed by atoms with E-state index in [2.05, 4.69) is 11.1 Å². The van der Waals surface area contributed by atoms with Crippen molar-refractivity contribution in [2.75, 3.05) is 0 Å². The molecule has 0 radical (unpaired) electrons. The van der Waals surface area contributed by atoms with Crippen LogP contribution in [0.2, 0.25) is 0 Å². The van der Waals surface area contributed by atoms with Gasteiger partial charge in [-0.3, -0.25) is 0 Å². The predicted molar refractivity (Wildman–Crippen MR) is 58.2 cm³/mol. The molecule has 0 spiro atoms. The van der Waals surface area contributed by atoms with Gasteiger partial charge >= 0.3 is 0 Å². The van der Waals surface area contributed by atoms with Gasteiger partial charge in [0.15, 0.2) is 0 Å². The molecule has 0 saturated heterocycles. The van der Waals surface area contributed by atoms with Crippen molar-refractivity contribution >= 4 is 6.08 Å². The highest BCUT2D eigenvalue weighted by Crippen LogP contribution is 2.46. The monoisotopic (exact) mass is 201 g/mol. The Hall–Kier alpha value is -1.14. The SMILES string of the molecule is O=C=NC1C2=C(C=C3CCCC31)CCC2. The standard InChI is InChI=1S/C13H15NO/c15-8-14-13-11-5-1-3-9(11)7-10-4-2-6-12(10)13/h7,11,13H,1-6H2. The Balaban J connectivity index is 2.04. The van der Waals surface area contributed by atoms with E-state index in [9.17, 15) is 4.79 Å². The molecule has 0 aromatic heterocycles. The number of rotatable bonds is 1. The summed E-state index contributed by atoms with van der Waals surface area (Å²) in [6.07, 6.45) is 11.4. The van der Waals surface area contributed by atoms with E-state index in [1.165, 1.54) is 43.3 Å². The fraction of sp³-hybridized carbons (Fsp3) is 0.615. The van der Waals surface area contributed by atoms with E-state index in [0.29, 0.717) is 5.92 Å². The lowest BCUT2D eigenvalue weighted by molar-refractivity contribution is 0.511. The summed E-state index contributed by atoms with van der Waals surface area (Å²) < 4.78 is 0. The second-order valence-corrected chi connectivity index (χ2v) is 4.79. The van der Waals surface area contributed by atoms with E-state index in [1.54, 1.807) is 11.7 Å². The number of hydrogen-bond donors (Lipinski definition) is 0. The van der Waals surface area contributed by atoms with Crippen molar-refractivity contribution in [3.05, 3.63) is 22.8 Å². The van der Waals surface area contributed by atoms with Gasteiger partial charge in [-0.1, -0.05) is 11.6 Å². The Morgan fingerprint density at radius 2 is 2.20 bits per heavy atom. The second-order valence-electron chi connectivity index (χ2n) is 4.79. The first-order valence-corrected chi connectivity index (χ1v) is 5.89. The van der Waals surface area contributed by atoms with E-state index in [-0.39, 0.29) is 6.04 Å². The Kier molecular flexibility index (Phi) is 2.10. The molecule has 0 aromatic rings. The van der Waals surface area contributed by atoms with Crippen molar-refractivity contribution < 1.29 is 4.79 Å². The summed E-state index contributed by atoms with van der Waals surface area (Å²) in [5.41, 5.74) is 4.46. The molecule has 3 rings (SSSR count). The first-order chi connectivity index (χ1) is 7.40. The van der Waals surface area contributed by atoms with Crippen molar-refractivity contribution in [1.82, 2.24) is 0 Å². The highest BCUT2D eigenvalue weighted by atomic mass is 16.1. The van der Waals surface area contributed by atoms with Gasteiger partial charge in [-0.2, -0.15) is 4.99 Å². The largest absolute Gasteiger partial charge is 0.235 e. The van der Waals surface area contributed by atoms with Crippen LogP contribution in [0, 0.1) is 5.92 Å². The molecule has 15 heavy (non-hydrogen) atoms. The van der Waals surface area contributed by atoms with Crippen molar-refractivity contribution in [3.63, 3.8) is 0 Å². The van der Waals surface area contributed by atoms with E-state index >= 15 is 0 Å². The summed E-state index contributed by atoms with van der Waals surface area (Å²) >= 11 is 0. The minimum Gasteiger partial charge on any atom is -0.211 e. The number of isocyanates is 1. The van der Waals surface area contributed by atoms with Crippen LogP contribution in [-0.4, -0.2) is 12.1 Å². The molecule has 78 valence electrons. The smallest absolute Gasteiger partial charge is 0.211 e. The summed E-state index contributed by atoms with van der Waals surface area (Å²) in [5, 5.41) is 0. The van der Waals surface area contributed by atoms with Crippen LogP contribution in [0.5, 0.6) is 0 Å². The van der Waals surface area contributed by atoms with Crippen LogP contribution in [0.3, 0.4) is 0 Å². The molecule has 0 bridgehead atoms. The van der Waals surface area contributed by atoms with Crippen molar-refractivity contribution in [3.8, 4) is 0 Å². The average Bonchev–Trinajstić information content (AvgIpc) is 2.84. The molecule has 3 aliphatic carbocycles. The van der Waals surface area contributed by atoms with E-state index in [1.807, 2.05) is 0 Å². The van der Waals surface area contributed by atoms with Gasteiger partial charge in [-0.25, -0.2) is 4.79 Å². The van der Waals surface area contributed by atoms with Gasteiger partial charge in [-0.15, -0.1) is 0 Å². The fourth-order valence-electron chi connectivity index (χ4n) is 3.42. The predicted octanol–water partition coefficient (Wildman–Crippen LogP) is 2.91. The summed E-state index contributed by atoms with van der Waals surface area (Å²) in [6.45, 7) is 0. The molecule has 0 N–H and O–H groups in total. The lowest BCUT2D eigenvalue weighted by Gasteiger charge is -2.26. The Morgan fingerprint density at radius 3 is 3.07 bits per heavy atom. The molecule has 0 heterocycles. The highest BCUT2D eigenvalue weighted by molar-refractivity contribution is 5.46. The number of allylic oxidation sites excluding steroid dienone is 2. The van der Waals surface area contributed by atoms with Crippen LogP contribution in [-0.2, 0) is 4.79 Å². The average molecular weight is 201 g/mol. The third-order valence-corrected chi connectivity index (χ3v) is 4.05. The lowest BCUT2D eigenvalue weighted by atomic mass is 9.82. The van der Waals surface area contributed by atoms with Gasteiger partial charge < -0.3 is 0 Å². The number of aliphatic imine (C=N–C) groups is 1. The quantitative estimate of drug-likeness (QED) is 0.474. The second kappa shape index (κ2) is 3.46. The molecule has 2 nitrogen and oxygen atoms in total. The van der Waals surface area contributed by atoms with Gasteiger partial charge in [0.25, 0.3) is 0 Å². The zero-order chi connectivity index (χ0) is 10.3. The fourth-order valence-corrected chi connectivity index (χ4v) is 3.42. The number of carbonyl (C=O) groups excluding carboxylic acids is 1. The molecular formula is C13H15NO. The molecule has 3 aliphatic rings. The molecule has 0 aliphatic heterocycles. The highest BCUT2D eigenvalue weighted by Gasteiger charge is 2.37. The van der Waals surface area contributed by atoms with Gasteiger partial charge in [0.2, 0.25) is 6.08 Å². The maximum atomic E-state index is 10.5. The molecule has 1 fully saturated rings. The topological polar surface area (TPSA) is 29.4 Å². The minimum absolute atomic E-state index is 0.155. The normalized spacial score (nSPS) is 33.2. The van der Waals surface area contributed by atoms with Gasteiger partial charge in [-0.05, 0) is 49.7 Å². The number of hydrogen-bond acceptors (Lipinski definition) is 2. The van der Waals surface area contributed by atoms with Crippen molar-refractivity contribution in [2.24, 2.45) is 10.9 Å². The molecule has 0 amide bonds. The molecule has 0 aromatic carbocycles. The van der Waals surface area contributed by atoms with Crippen LogP contribution >= 0.6 is 0 Å². The first kappa shape index (κ1) is 9.11. The zero-order valence-corrected chi connectivity index (χ0v) is 8.83. The summed E-state index contributed by atoms with van der Waals surface area (Å²) in [7, 11) is 0. The van der Waals surface area contributed by atoms with Crippen LogP contribution in [0.15, 0.2) is 27.8 Å². The van der Waals surface area contributed by atoms with E-state index < -0.39 is 0 Å². The van der Waals surface area contributed by atoms with Gasteiger partial charge in [0, 0.05) is 5.92 Å². The molecular weight excluding hydrogens is 186 g/mol. The maximum Gasteiger partial charge on any atom is 0.235 e. The first-order valence-electron chi connectivity index (χ1n) is 5.89. The Morgan fingerprint density at radius 1 is 1.27 bits per heavy atom. The summed E-state index contributed by atoms with van der Waals surface area (Å²) in [4.78, 5) is 14.6. The number of nitrogens with zero attached hydrogens (tertiary/aromatic N) is 1. The Bertz CT molecular complexity index is 399. The molecule has 2 atom stereocenters. The minimum atomic E-state index is 0.155. The summed E-state index contributed by atoms with van der Waals surface area (Å²) in [5.74, 6) is 0.531. The van der Waals surface area contributed by atoms with Crippen molar-refractivity contribution in [1.29, 1.82) is 0 Å². The Labute approximate surface area is 89.8 Å². The van der Waals surface area contributed by atoms with Gasteiger partial charge in [0.05, 0.1) is 6.04 Å². The molecule has 2 heteroatoms. The number of fused-ring (bicyclic) bond motifs is 1. The van der Waals surface area contributed by atoms with Crippen molar-refractivity contribution in [2.45, 2.75) is 44.6 Å². The van der Waals surface area contributed by atoms with Crippen LogP contribution < -0.4 is 0 Å². The van der Waals surface area contributed by atoms with Crippen LogP contribution in [0.4, 0.5) is 0 Å². The summed E-state index contributed by atoms with van der Waals surface area (Å²) in [6, 6.07) is 0.155. The third kappa shape index (κ3) is 1.32. The lowest BCUT2D eigenvalue weighted by Crippen LogP contribution is -2.22.